The van der Waals surface area contributed by atoms with Crippen LogP contribution in [0.4, 0.5) is 8.78 Å². The number of halogens is 2. The van der Waals surface area contributed by atoms with E-state index < -0.39 is 11.6 Å². The SMILES string of the molecule is CCCn1cc(CNCc2cc(F)cc(F)c2)c(C)n1. The van der Waals surface area contributed by atoms with E-state index in [1.54, 1.807) is 0 Å². The number of hydrogen-bond donors (Lipinski definition) is 1. The van der Waals surface area contributed by atoms with Gasteiger partial charge in [-0.05, 0) is 31.0 Å². The highest BCUT2D eigenvalue weighted by Gasteiger charge is 2.05. The van der Waals surface area contributed by atoms with E-state index in [9.17, 15) is 8.78 Å². The molecule has 0 bridgehead atoms. The fourth-order valence-electron chi connectivity index (χ4n) is 2.13. The summed E-state index contributed by atoms with van der Waals surface area (Å²) in [5.74, 6) is -1.09. The molecule has 1 aromatic heterocycles. The summed E-state index contributed by atoms with van der Waals surface area (Å²) in [5.41, 5.74) is 2.69. The van der Waals surface area contributed by atoms with Crippen LogP contribution in [0.2, 0.25) is 0 Å². The maximum absolute atomic E-state index is 13.0. The van der Waals surface area contributed by atoms with Crippen LogP contribution in [0, 0.1) is 18.6 Å². The molecular weight excluding hydrogens is 260 g/mol. The molecule has 0 fully saturated rings. The highest BCUT2D eigenvalue weighted by Crippen LogP contribution is 2.09. The van der Waals surface area contributed by atoms with Gasteiger partial charge in [-0.2, -0.15) is 5.10 Å². The zero-order valence-electron chi connectivity index (χ0n) is 11.8. The Morgan fingerprint density at radius 3 is 2.50 bits per heavy atom. The molecule has 0 amide bonds. The van der Waals surface area contributed by atoms with Gasteiger partial charge >= 0.3 is 0 Å². The van der Waals surface area contributed by atoms with Gasteiger partial charge in [-0.1, -0.05) is 6.92 Å². The van der Waals surface area contributed by atoms with Crippen molar-refractivity contribution >= 4 is 0 Å². The molecule has 0 unspecified atom stereocenters. The Bertz CT molecular complexity index is 558. The number of aryl methyl sites for hydroxylation is 2. The predicted octanol–water partition coefficient (Wildman–Crippen LogP) is 3.17. The number of rotatable bonds is 6. The molecule has 1 N–H and O–H groups in total. The lowest BCUT2D eigenvalue weighted by molar-refractivity contribution is 0.575. The van der Waals surface area contributed by atoms with Gasteiger partial charge in [-0.3, -0.25) is 4.68 Å². The van der Waals surface area contributed by atoms with E-state index in [2.05, 4.69) is 17.3 Å². The van der Waals surface area contributed by atoms with Crippen molar-refractivity contribution in [2.75, 3.05) is 0 Å². The van der Waals surface area contributed by atoms with Gasteiger partial charge in [0.15, 0.2) is 0 Å². The zero-order valence-corrected chi connectivity index (χ0v) is 11.8. The smallest absolute Gasteiger partial charge is 0.126 e. The van der Waals surface area contributed by atoms with Gasteiger partial charge < -0.3 is 5.32 Å². The molecule has 0 spiro atoms. The Balaban J connectivity index is 1.92. The predicted molar refractivity (Wildman–Crippen MR) is 74.2 cm³/mol. The van der Waals surface area contributed by atoms with Crippen LogP contribution in [0.3, 0.4) is 0 Å². The molecule has 0 aliphatic carbocycles. The third kappa shape index (κ3) is 3.87. The molecule has 0 aliphatic rings. The number of nitrogens with zero attached hydrogens (tertiary/aromatic N) is 2. The molecule has 1 aromatic carbocycles. The number of benzene rings is 1. The van der Waals surface area contributed by atoms with Gasteiger partial charge in [-0.25, -0.2) is 8.78 Å². The highest BCUT2D eigenvalue weighted by atomic mass is 19.1. The van der Waals surface area contributed by atoms with Gasteiger partial charge in [0.05, 0.1) is 5.69 Å². The summed E-state index contributed by atoms with van der Waals surface area (Å²) < 4.78 is 28.0. The standard InChI is InChI=1S/C15H19F2N3/c1-3-4-20-10-13(11(2)19-20)9-18-8-12-5-14(16)7-15(17)6-12/h5-7,10,18H,3-4,8-9H2,1-2H3. The second-order valence-corrected chi connectivity index (χ2v) is 4.88. The van der Waals surface area contributed by atoms with Gasteiger partial charge in [0, 0.05) is 37.5 Å². The van der Waals surface area contributed by atoms with Crippen molar-refractivity contribution in [1.82, 2.24) is 15.1 Å². The fourth-order valence-corrected chi connectivity index (χ4v) is 2.13. The molecular formula is C15H19F2N3. The van der Waals surface area contributed by atoms with Crippen molar-refractivity contribution in [1.29, 1.82) is 0 Å². The molecule has 0 saturated carbocycles. The summed E-state index contributed by atoms with van der Waals surface area (Å²) in [5, 5.41) is 7.59. The fraction of sp³-hybridized carbons (Fsp3) is 0.400. The second-order valence-electron chi connectivity index (χ2n) is 4.88. The molecule has 1 heterocycles. The lowest BCUT2D eigenvalue weighted by Gasteiger charge is -2.04. The minimum atomic E-state index is -0.547. The van der Waals surface area contributed by atoms with Crippen molar-refractivity contribution < 1.29 is 8.78 Å². The number of hydrogen-bond acceptors (Lipinski definition) is 2. The summed E-state index contributed by atoms with van der Waals surface area (Å²) in [6, 6.07) is 3.55. The van der Waals surface area contributed by atoms with Crippen molar-refractivity contribution in [3.05, 3.63) is 52.9 Å². The molecule has 3 nitrogen and oxygen atoms in total. The summed E-state index contributed by atoms with van der Waals surface area (Å²) in [6.45, 7) is 6.02. The van der Waals surface area contributed by atoms with Crippen molar-refractivity contribution in [2.45, 2.75) is 39.9 Å². The van der Waals surface area contributed by atoms with E-state index in [-0.39, 0.29) is 0 Å². The summed E-state index contributed by atoms with van der Waals surface area (Å²) in [7, 11) is 0. The van der Waals surface area contributed by atoms with Gasteiger partial charge in [0.1, 0.15) is 11.6 Å². The Morgan fingerprint density at radius 2 is 1.85 bits per heavy atom. The molecule has 108 valence electrons. The summed E-state index contributed by atoms with van der Waals surface area (Å²) in [4.78, 5) is 0. The Morgan fingerprint density at radius 1 is 1.15 bits per heavy atom. The van der Waals surface area contributed by atoms with Crippen molar-refractivity contribution in [3.8, 4) is 0 Å². The normalized spacial score (nSPS) is 11.0. The van der Waals surface area contributed by atoms with Gasteiger partial charge in [0.2, 0.25) is 0 Å². The topological polar surface area (TPSA) is 29.9 Å². The Hall–Kier alpha value is -1.75. The highest BCUT2D eigenvalue weighted by molar-refractivity contribution is 5.19. The molecule has 0 radical (unpaired) electrons. The van der Waals surface area contributed by atoms with E-state index in [0.717, 1.165) is 30.3 Å². The maximum atomic E-state index is 13.0. The molecule has 0 atom stereocenters. The first-order valence-electron chi connectivity index (χ1n) is 6.77. The molecule has 2 rings (SSSR count). The average molecular weight is 279 g/mol. The van der Waals surface area contributed by atoms with Crippen LogP contribution in [0.1, 0.15) is 30.2 Å². The molecule has 20 heavy (non-hydrogen) atoms. The minimum absolute atomic E-state index is 0.424. The van der Waals surface area contributed by atoms with Crippen LogP contribution in [-0.2, 0) is 19.6 Å². The van der Waals surface area contributed by atoms with Crippen molar-refractivity contribution in [3.63, 3.8) is 0 Å². The number of nitrogens with one attached hydrogen (secondary N) is 1. The third-order valence-electron chi connectivity index (χ3n) is 3.07. The van der Waals surface area contributed by atoms with Crippen LogP contribution >= 0.6 is 0 Å². The van der Waals surface area contributed by atoms with Gasteiger partial charge in [0.25, 0.3) is 0 Å². The van der Waals surface area contributed by atoms with Crippen LogP contribution in [0.25, 0.3) is 0 Å². The van der Waals surface area contributed by atoms with E-state index in [0.29, 0.717) is 18.7 Å². The van der Waals surface area contributed by atoms with Crippen LogP contribution in [0.5, 0.6) is 0 Å². The largest absolute Gasteiger partial charge is 0.308 e. The minimum Gasteiger partial charge on any atom is -0.308 e. The first kappa shape index (κ1) is 14.7. The molecule has 0 aliphatic heterocycles. The lowest BCUT2D eigenvalue weighted by atomic mass is 10.2. The quantitative estimate of drug-likeness (QED) is 0.880. The average Bonchev–Trinajstić information content (AvgIpc) is 2.69. The molecule has 5 heteroatoms. The molecule has 0 saturated heterocycles. The summed E-state index contributed by atoms with van der Waals surface area (Å²) in [6.07, 6.45) is 3.05. The van der Waals surface area contributed by atoms with Crippen molar-refractivity contribution in [2.24, 2.45) is 0 Å². The summed E-state index contributed by atoms with van der Waals surface area (Å²) >= 11 is 0. The van der Waals surface area contributed by atoms with Gasteiger partial charge in [-0.15, -0.1) is 0 Å². The van der Waals surface area contributed by atoms with Crippen LogP contribution in [-0.4, -0.2) is 9.78 Å². The first-order chi connectivity index (χ1) is 9.58. The van der Waals surface area contributed by atoms with Crippen LogP contribution < -0.4 is 5.32 Å². The first-order valence-corrected chi connectivity index (χ1v) is 6.77. The van der Waals surface area contributed by atoms with E-state index in [1.165, 1.54) is 12.1 Å². The van der Waals surface area contributed by atoms with Crippen LogP contribution in [0.15, 0.2) is 24.4 Å². The third-order valence-corrected chi connectivity index (χ3v) is 3.07. The van der Waals surface area contributed by atoms with E-state index >= 15 is 0 Å². The van der Waals surface area contributed by atoms with E-state index in [1.807, 2.05) is 17.8 Å². The molecule has 2 aromatic rings. The monoisotopic (exact) mass is 279 g/mol. The maximum Gasteiger partial charge on any atom is 0.126 e. The lowest BCUT2D eigenvalue weighted by Crippen LogP contribution is -2.13. The zero-order chi connectivity index (χ0) is 14.5. The second kappa shape index (κ2) is 6.61. The van der Waals surface area contributed by atoms with E-state index in [4.69, 9.17) is 0 Å². The Kier molecular flexibility index (Phi) is 4.84. The number of aromatic nitrogens is 2. The Labute approximate surface area is 117 Å².